The molecular weight excluding hydrogens is 635 g/mol. The van der Waals surface area contributed by atoms with E-state index in [1.165, 1.54) is 32.1 Å². The number of hydrogen-bond donors (Lipinski definition) is 6. The van der Waals surface area contributed by atoms with Gasteiger partial charge in [0, 0.05) is 12.8 Å². The van der Waals surface area contributed by atoms with Crippen molar-refractivity contribution in [3.8, 4) is 0 Å². The fourth-order valence-electron chi connectivity index (χ4n) is 5.16. The summed E-state index contributed by atoms with van der Waals surface area (Å²) < 4.78 is 33.0. The summed E-state index contributed by atoms with van der Waals surface area (Å²) in [6.07, 6.45) is 8.06. The molecule has 6 unspecified atom stereocenters. The number of carbonyl (C=O) groups is 2. The molecule has 13 nitrogen and oxygen atoms in total. The van der Waals surface area contributed by atoms with Crippen molar-refractivity contribution in [1.29, 1.82) is 0 Å². The predicted octanol–water partition coefficient (Wildman–Crippen LogP) is 4.38. The molecule has 1 rings (SSSR count). The number of hydrogen-bond acceptors (Lipinski definition) is 12. The second kappa shape index (κ2) is 25.5. The number of unbranched alkanes of at least 4 members (excludes halogenated alkanes) is 13. The van der Waals surface area contributed by atoms with E-state index in [0.29, 0.717) is 12.8 Å². The molecule has 0 bridgehead atoms. The van der Waals surface area contributed by atoms with E-state index in [1.54, 1.807) is 0 Å². The lowest BCUT2D eigenvalue weighted by molar-refractivity contribution is -0.220. The lowest BCUT2D eigenvalue weighted by atomic mass is 9.85. The second-order valence-electron chi connectivity index (χ2n) is 12.4. The molecule has 0 spiro atoms. The van der Waals surface area contributed by atoms with E-state index in [-0.39, 0.29) is 12.8 Å². The zero-order valence-corrected chi connectivity index (χ0v) is 29.2. The number of aliphatic hydroxyl groups excluding tert-OH is 5. The molecule has 1 saturated carbocycles. The van der Waals surface area contributed by atoms with Crippen molar-refractivity contribution in [2.45, 2.75) is 172 Å². The Labute approximate surface area is 280 Å². The minimum absolute atomic E-state index is 0.0885. The Morgan fingerprint density at radius 1 is 0.638 bits per heavy atom. The number of esters is 2. The standard InChI is InChI=1S/C33H61O13P/c1-3-5-7-9-10-11-12-13-14-15-16-17-18-20-22-27(35)45-25(23-43-26(34)21-19-8-6-4-2)24-44-47(41,42)46-33-31(39)29(37)28(36)30(38)32(33)40/h12-13,25,28-33,36-40H,3-11,14-24H2,1-2H3,(H,41,42)/b13-12-. The van der Waals surface area contributed by atoms with Crippen molar-refractivity contribution in [2.24, 2.45) is 0 Å². The van der Waals surface area contributed by atoms with Gasteiger partial charge in [-0.25, -0.2) is 4.57 Å². The first-order valence-corrected chi connectivity index (χ1v) is 19.0. The van der Waals surface area contributed by atoms with Crippen LogP contribution in [0.1, 0.15) is 129 Å². The van der Waals surface area contributed by atoms with Gasteiger partial charge in [-0.1, -0.05) is 90.2 Å². The third kappa shape index (κ3) is 19.4. The molecule has 1 fully saturated rings. The van der Waals surface area contributed by atoms with Crippen LogP contribution < -0.4 is 0 Å². The van der Waals surface area contributed by atoms with Gasteiger partial charge in [-0.15, -0.1) is 0 Å². The lowest BCUT2D eigenvalue weighted by Crippen LogP contribution is -2.64. The van der Waals surface area contributed by atoms with Gasteiger partial charge in [0.1, 0.15) is 43.2 Å². The van der Waals surface area contributed by atoms with Crippen molar-refractivity contribution < 1.29 is 63.1 Å². The molecule has 1 aliphatic rings. The minimum atomic E-state index is -5.09. The SMILES string of the molecule is CCCCCCC/C=C\CCCCCCCC(=O)OC(COC(=O)CCCCCC)COP(=O)(O)OC1C(O)C(O)C(O)C(O)C1O. The van der Waals surface area contributed by atoms with Gasteiger partial charge in [-0.3, -0.25) is 18.6 Å². The normalized spacial score (nSPS) is 25.0. The smallest absolute Gasteiger partial charge is 0.462 e. The highest BCUT2D eigenvalue weighted by Crippen LogP contribution is 2.47. The highest BCUT2D eigenvalue weighted by Gasteiger charge is 2.51. The molecule has 0 saturated heterocycles. The summed E-state index contributed by atoms with van der Waals surface area (Å²) in [5, 5.41) is 49.6. The maximum absolute atomic E-state index is 12.6. The summed E-state index contributed by atoms with van der Waals surface area (Å²) in [7, 11) is -5.09. The number of ether oxygens (including phenoxy) is 2. The Kier molecular flexibility index (Phi) is 23.7. The van der Waals surface area contributed by atoms with Gasteiger partial charge < -0.3 is 39.9 Å². The summed E-state index contributed by atoms with van der Waals surface area (Å²) in [6, 6.07) is 0. The van der Waals surface area contributed by atoms with Crippen LogP contribution in [0.4, 0.5) is 0 Å². The molecule has 0 aliphatic heterocycles. The summed E-state index contributed by atoms with van der Waals surface area (Å²) in [5.41, 5.74) is 0. The van der Waals surface area contributed by atoms with Gasteiger partial charge in [-0.05, 0) is 38.5 Å². The third-order valence-electron chi connectivity index (χ3n) is 8.11. The Morgan fingerprint density at radius 2 is 1.09 bits per heavy atom. The molecule has 1 aliphatic carbocycles. The first-order chi connectivity index (χ1) is 22.4. The Balaban J connectivity index is 2.52. The molecule has 14 heteroatoms. The van der Waals surface area contributed by atoms with Crippen molar-refractivity contribution in [2.75, 3.05) is 13.2 Å². The number of carbonyl (C=O) groups excluding carboxylic acids is 2. The topological polar surface area (TPSA) is 210 Å². The van der Waals surface area contributed by atoms with Crippen molar-refractivity contribution in [1.82, 2.24) is 0 Å². The number of rotatable bonds is 27. The molecular formula is C33H61O13P. The summed E-state index contributed by atoms with van der Waals surface area (Å²) in [5.74, 6) is -1.13. The highest BCUT2D eigenvalue weighted by molar-refractivity contribution is 7.47. The number of phosphoric ester groups is 1. The summed E-state index contributed by atoms with van der Waals surface area (Å²) >= 11 is 0. The monoisotopic (exact) mass is 696 g/mol. The van der Waals surface area contributed by atoms with Gasteiger partial charge in [0.15, 0.2) is 6.10 Å². The van der Waals surface area contributed by atoms with E-state index in [9.17, 15) is 44.6 Å². The molecule has 6 N–H and O–H groups in total. The van der Waals surface area contributed by atoms with Crippen LogP contribution >= 0.6 is 7.82 Å². The quantitative estimate of drug-likeness (QED) is 0.0305. The zero-order valence-electron chi connectivity index (χ0n) is 28.3. The first kappa shape index (κ1) is 43.6. The van der Waals surface area contributed by atoms with Crippen LogP contribution in [0.5, 0.6) is 0 Å². The van der Waals surface area contributed by atoms with Crippen LogP contribution in [-0.4, -0.2) is 98.3 Å². The van der Waals surface area contributed by atoms with E-state index in [4.69, 9.17) is 18.5 Å². The molecule has 0 radical (unpaired) electrons. The van der Waals surface area contributed by atoms with Crippen LogP contribution in [0.3, 0.4) is 0 Å². The molecule has 6 atom stereocenters. The van der Waals surface area contributed by atoms with Gasteiger partial charge in [0.05, 0.1) is 6.61 Å². The van der Waals surface area contributed by atoms with Crippen LogP contribution in [-0.2, 0) is 32.7 Å². The number of aliphatic hydroxyl groups is 5. The molecule has 0 heterocycles. The Hall–Kier alpha value is -1.41. The van der Waals surface area contributed by atoms with Crippen LogP contribution in [0, 0.1) is 0 Å². The van der Waals surface area contributed by atoms with E-state index in [2.05, 4.69) is 19.1 Å². The third-order valence-corrected chi connectivity index (χ3v) is 9.09. The Bertz CT molecular complexity index is 901. The van der Waals surface area contributed by atoms with Crippen LogP contribution in [0.15, 0.2) is 12.2 Å². The number of allylic oxidation sites excluding steroid dienone is 2. The Morgan fingerprint density at radius 3 is 1.64 bits per heavy atom. The average molecular weight is 697 g/mol. The molecule has 0 aromatic carbocycles. The van der Waals surface area contributed by atoms with Gasteiger partial charge in [0.25, 0.3) is 0 Å². The average Bonchev–Trinajstić information content (AvgIpc) is 3.04. The molecule has 276 valence electrons. The molecule has 0 amide bonds. The van der Waals surface area contributed by atoms with Gasteiger partial charge in [-0.2, -0.15) is 0 Å². The second-order valence-corrected chi connectivity index (χ2v) is 13.8. The largest absolute Gasteiger partial charge is 0.472 e. The van der Waals surface area contributed by atoms with Gasteiger partial charge >= 0.3 is 19.8 Å². The number of phosphoric acid groups is 1. The highest BCUT2D eigenvalue weighted by atomic mass is 31.2. The van der Waals surface area contributed by atoms with Gasteiger partial charge in [0.2, 0.25) is 0 Å². The van der Waals surface area contributed by atoms with E-state index in [1.807, 2.05) is 6.92 Å². The zero-order chi connectivity index (χ0) is 35.1. The van der Waals surface area contributed by atoms with Crippen LogP contribution in [0.2, 0.25) is 0 Å². The fourth-order valence-corrected chi connectivity index (χ4v) is 6.13. The van der Waals surface area contributed by atoms with Crippen LogP contribution in [0.25, 0.3) is 0 Å². The first-order valence-electron chi connectivity index (χ1n) is 17.5. The van der Waals surface area contributed by atoms with Crippen molar-refractivity contribution in [3.05, 3.63) is 12.2 Å². The van der Waals surface area contributed by atoms with E-state index < -0.39 is 75.7 Å². The van der Waals surface area contributed by atoms with E-state index in [0.717, 1.165) is 57.8 Å². The predicted molar refractivity (Wildman–Crippen MR) is 175 cm³/mol. The summed E-state index contributed by atoms with van der Waals surface area (Å²) in [6.45, 7) is 3.08. The minimum Gasteiger partial charge on any atom is -0.462 e. The maximum atomic E-state index is 12.6. The summed E-state index contributed by atoms with van der Waals surface area (Å²) in [4.78, 5) is 35.0. The fraction of sp³-hybridized carbons (Fsp3) is 0.879. The van der Waals surface area contributed by atoms with Crippen molar-refractivity contribution >= 4 is 19.8 Å². The molecule has 0 aromatic rings. The van der Waals surface area contributed by atoms with E-state index >= 15 is 0 Å². The lowest BCUT2D eigenvalue weighted by Gasteiger charge is -2.41. The van der Waals surface area contributed by atoms with Crippen molar-refractivity contribution in [3.63, 3.8) is 0 Å². The maximum Gasteiger partial charge on any atom is 0.472 e. The molecule has 47 heavy (non-hydrogen) atoms. The molecule has 0 aromatic heterocycles.